The maximum Gasteiger partial charge on any atom is 0.261 e. The van der Waals surface area contributed by atoms with Crippen LogP contribution < -0.4 is 16.8 Å². The topological polar surface area (TPSA) is 138 Å². The van der Waals surface area contributed by atoms with Crippen LogP contribution in [0.25, 0.3) is 21.3 Å². The van der Waals surface area contributed by atoms with Crippen molar-refractivity contribution in [2.75, 3.05) is 25.4 Å². The number of aliphatic hydroxyl groups excluding tert-OH is 1. The molecular formula is C20H21N5O2S. The molecule has 0 aliphatic carbocycles. The van der Waals surface area contributed by atoms with Crippen LogP contribution in [0.5, 0.6) is 0 Å². The summed E-state index contributed by atoms with van der Waals surface area (Å²) in [4.78, 5) is 18.2. The summed E-state index contributed by atoms with van der Waals surface area (Å²) in [5.74, 6) is -0.309. The average molecular weight is 395 g/mol. The first-order valence-corrected chi connectivity index (χ1v) is 9.65. The van der Waals surface area contributed by atoms with Crippen LogP contribution in [0.1, 0.15) is 33.6 Å². The van der Waals surface area contributed by atoms with Gasteiger partial charge in [-0.1, -0.05) is 37.3 Å². The smallest absolute Gasteiger partial charge is 0.261 e. The Labute approximate surface area is 166 Å². The van der Waals surface area contributed by atoms with Crippen LogP contribution >= 0.6 is 11.3 Å². The van der Waals surface area contributed by atoms with Crippen molar-refractivity contribution in [1.82, 2.24) is 10.3 Å². The van der Waals surface area contributed by atoms with Gasteiger partial charge in [0, 0.05) is 17.5 Å². The number of nitrogen functional groups attached to an aromatic ring is 1. The summed E-state index contributed by atoms with van der Waals surface area (Å²) >= 11 is 1.22. The van der Waals surface area contributed by atoms with Crippen LogP contribution in [0.15, 0.2) is 30.3 Å². The first-order chi connectivity index (χ1) is 13.5. The van der Waals surface area contributed by atoms with Crippen molar-refractivity contribution in [2.45, 2.75) is 12.8 Å². The molecule has 28 heavy (non-hydrogen) atoms. The van der Waals surface area contributed by atoms with E-state index in [0.717, 1.165) is 16.5 Å². The number of nitriles is 1. The summed E-state index contributed by atoms with van der Waals surface area (Å²) in [5, 5.41) is 22.2. The number of nitrogens with one attached hydrogen (secondary N) is 1. The van der Waals surface area contributed by atoms with Crippen molar-refractivity contribution < 1.29 is 9.90 Å². The Kier molecular flexibility index (Phi) is 5.90. The van der Waals surface area contributed by atoms with E-state index in [-0.39, 0.29) is 36.4 Å². The fourth-order valence-corrected chi connectivity index (χ4v) is 4.41. The van der Waals surface area contributed by atoms with Gasteiger partial charge in [0.2, 0.25) is 0 Å². The standard InChI is InChI=1S/C20H21N5O2S/c1-11(9-21)14-16-15(12-5-3-2-4-6-12)13(10-22)18(23)25-20(16)28-17(14)19(27)24-7-8-26/h2-6,11,26H,7-9,21H2,1H3,(H2,23,25)(H,24,27). The van der Waals surface area contributed by atoms with Crippen LogP contribution in [0, 0.1) is 11.3 Å². The van der Waals surface area contributed by atoms with Gasteiger partial charge < -0.3 is 21.9 Å². The number of nitrogens with zero attached hydrogens (tertiary/aromatic N) is 2. The number of carbonyl (C=O) groups is 1. The lowest BCUT2D eigenvalue weighted by molar-refractivity contribution is 0.0947. The van der Waals surface area contributed by atoms with E-state index in [1.54, 1.807) is 0 Å². The number of amides is 1. The Morgan fingerprint density at radius 3 is 2.71 bits per heavy atom. The highest BCUT2D eigenvalue weighted by atomic mass is 32.1. The number of anilines is 1. The summed E-state index contributed by atoms with van der Waals surface area (Å²) in [5.41, 5.74) is 14.5. The van der Waals surface area contributed by atoms with E-state index < -0.39 is 0 Å². The molecule has 1 aromatic carbocycles. The molecule has 1 unspecified atom stereocenters. The van der Waals surface area contributed by atoms with Gasteiger partial charge in [0.25, 0.3) is 5.91 Å². The molecule has 1 atom stereocenters. The Morgan fingerprint density at radius 1 is 1.39 bits per heavy atom. The van der Waals surface area contributed by atoms with Crippen molar-refractivity contribution >= 4 is 33.3 Å². The highest BCUT2D eigenvalue weighted by Crippen LogP contribution is 2.43. The van der Waals surface area contributed by atoms with Crippen molar-refractivity contribution in [3.8, 4) is 17.2 Å². The Morgan fingerprint density at radius 2 is 2.11 bits per heavy atom. The maximum atomic E-state index is 12.7. The van der Waals surface area contributed by atoms with Gasteiger partial charge >= 0.3 is 0 Å². The van der Waals surface area contributed by atoms with Crippen molar-refractivity contribution in [3.05, 3.63) is 46.3 Å². The number of hydrogen-bond acceptors (Lipinski definition) is 7. The quantitative estimate of drug-likeness (QED) is 0.505. The number of nitrogens with two attached hydrogens (primary N) is 2. The molecule has 8 heteroatoms. The van der Waals surface area contributed by atoms with Crippen molar-refractivity contribution in [3.63, 3.8) is 0 Å². The van der Waals surface area contributed by atoms with Gasteiger partial charge in [0.15, 0.2) is 0 Å². The predicted molar refractivity (Wildman–Crippen MR) is 111 cm³/mol. The summed E-state index contributed by atoms with van der Waals surface area (Å²) < 4.78 is 0. The number of aliphatic hydroxyl groups is 1. The van der Waals surface area contributed by atoms with Gasteiger partial charge in [-0.25, -0.2) is 4.98 Å². The van der Waals surface area contributed by atoms with Gasteiger partial charge in [-0.3, -0.25) is 4.79 Å². The molecule has 0 radical (unpaired) electrons. The third-order valence-corrected chi connectivity index (χ3v) is 5.63. The molecule has 2 aromatic heterocycles. The minimum absolute atomic E-state index is 0.129. The van der Waals surface area contributed by atoms with E-state index in [1.807, 2.05) is 37.3 Å². The van der Waals surface area contributed by atoms with Gasteiger partial charge in [-0.05, 0) is 23.6 Å². The minimum Gasteiger partial charge on any atom is -0.395 e. The predicted octanol–water partition coefficient (Wildman–Crippen LogP) is 2.20. The number of rotatable bonds is 6. The normalized spacial score (nSPS) is 11.9. The zero-order valence-electron chi connectivity index (χ0n) is 15.4. The van der Waals surface area contributed by atoms with Crippen molar-refractivity contribution in [2.24, 2.45) is 5.73 Å². The number of benzene rings is 1. The molecular weight excluding hydrogens is 374 g/mol. The molecule has 3 aromatic rings. The molecule has 1 amide bonds. The summed E-state index contributed by atoms with van der Waals surface area (Å²) in [7, 11) is 0. The number of hydrogen-bond donors (Lipinski definition) is 4. The van der Waals surface area contributed by atoms with E-state index >= 15 is 0 Å². The van der Waals surface area contributed by atoms with Crippen LogP contribution in [0.3, 0.4) is 0 Å². The first kappa shape index (κ1) is 19.8. The Balaban J connectivity index is 2.41. The molecule has 7 nitrogen and oxygen atoms in total. The number of aromatic nitrogens is 1. The number of fused-ring (bicyclic) bond motifs is 1. The largest absolute Gasteiger partial charge is 0.395 e. The molecule has 0 saturated carbocycles. The SMILES string of the molecule is CC(CN)c1c(C(=O)NCCO)sc2nc(N)c(C#N)c(-c3ccccc3)c12. The van der Waals surface area contributed by atoms with E-state index in [2.05, 4.69) is 16.4 Å². The fourth-order valence-electron chi connectivity index (χ4n) is 3.18. The first-order valence-electron chi connectivity index (χ1n) is 8.83. The molecule has 0 bridgehead atoms. The maximum absolute atomic E-state index is 12.7. The van der Waals surface area contributed by atoms with E-state index in [0.29, 0.717) is 21.8 Å². The third-order valence-electron chi connectivity index (χ3n) is 4.53. The van der Waals surface area contributed by atoms with Crippen molar-refractivity contribution in [1.29, 1.82) is 5.26 Å². The summed E-state index contributed by atoms with van der Waals surface area (Å²) in [6.45, 7) is 2.25. The molecule has 0 saturated heterocycles. The monoisotopic (exact) mass is 395 g/mol. The van der Waals surface area contributed by atoms with Gasteiger partial charge in [-0.2, -0.15) is 5.26 Å². The van der Waals surface area contributed by atoms with Gasteiger partial charge in [0.05, 0.1) is 11.5 Å². The second kappa shape index (κ2) is 8.35. The zero-order chi connectivity index (χ0) is 20.3. The molecule has 0 spiro atoms. The molecule has 0 fully saturated rings. The highest BCUT2D eigenvalue weighted by molar-refractivity contribution is 7.20. The number of carbonyl (C=O) groups excluding carboxylic acids is 1. The van der Waals surface area contributed by atoms with Crippen LogP contribution in [-0.4, -0.2) is 35.7 Å². The summed E-state index contributed by atoms with van der Waals surface area (Å²) in [6.07, 6.45) is 0. The van der Waals surface area contributed by atoms with E-state index in [9.17, 15) is 10.1 Å². The lowest BCUT2D eigenvalue weighted by atomic mass is 9.90. The molecule has 6 N–H and O–H groups in total. The number of thiophene rings is 1. The van der Waals surface area contributed by atoms with E-state index in [1.165, 1.54) is 11.3 Å². The van der Waals surface area contributed by atoms with Gasteiger partial charge in [0.1, 0.15) is 22.3 Å². The Bertz CT molecular complexity index is 1060. The fraction of sp³-hybridized carbons (Fsp3) is 0.250. The van der Waals surface area contributed by atoms with Crippen LogP contribution in [0.2, 0.25) is 0 Å². The minimum atomic E-state index is -0.302. The lowest BCUT2D eigenvalue weighted by Gasteiger charge is -2.15. The molecule has 144 valence electrons. The zero-order valence-corrected chi connectivity index (χ0v) is 16.2. The molecule has 0 aliphatic heterocycles. The lowest BCUT2D eigenvalue weighted by Crippen LogP contribution is -2.27. The van der Waals surface area contributed by atoms with Gasteiger partial charge in [-0.15, -0.1) is 11.3 Å². The third kappa shape index (κ3) is 3.43. The molecule has 0 aliphatic rings. The Hall–Kier alpha value is -2.99. The second-order valence-electron chi connectivity index (χ2n) is 6.37. The average Bonchev–Trinajstić information content (AvgIpc) is 3.09. The summed E-state index contributed by atoms with van der Waals surface area (Å²) in [6, 6.07) is 11.6. The highest BCUT2D eigenvalue weighted by Gasteiger charge is 2.27. The second-order valence-corrected chi connectivity index (χ2v) is 7.37. The van der Waals surface area contributed by atoms with E-state index in [4.69, 9.17) is 16.6 Å². The van der Waals surface area contributed by atoms with Crippen LogP contribution in [0.4, 0.5) is 5.82 Å². The molecule has 2 heterocycles. The van der Waals surface area contributed by atoms with Crippen LogP contribution in [-0.2, 0) is 0 Å². The number of pyridine rings is 1. The molecule has 3 rings (SSSR count).